The van der Waals surface area contributed by atoms with Crippen molar-refractivity contribution in [2.75, 3.05) is 42.6 Å². The van der Waals surface area contributed by atoms with Gasteiger partial charge >= 0.3 is 0 Å². The molecule has 3 aliphatic rings. The van der Waals surface area contributed by atoms with Crippen LogP contribution >= 0.6 is 0 Å². The van der Waals surface area contributed by atoms with E-state index in [2.05, 4.69) is 13.2 Å². The van der Waals surface area contributed by atoms with Crippen molar-refractivity contribution in [2.24, 2.45) is 11.8 Å². The number of rotatable bonds is 15. The van der Waals surface area contributed by atoms with Gasteiger partial charge in [-0.1, -0.05) is 30.4 Å². The Bertz CT molecular complexity index is 1490. The molecular formula is C38H49N3O6. The van der Waals surface area contributed by atoms with Gasteiger partial charge in [0.25, 0.3) is 5.91 Å². The van der Waals surface area contributed by atoms with E-state index in [1.54, 1.807) is 26.9 Å². The molecule has 3 amide bonds. The molecule has 2 bridgehead atoms. The topological polar surface area (TPSA) is 99.6 Å². The average molecular weight is 644 g/mol. The van der Waals surface area contributed by atoms with Crippen molar-refractivity contribution in [1.82, 2.24) is 4.90 Å². The second-order valence-corrected chi connectivity index (χ2v) is 13.2. The second-order valence-electron chi connectivity index (χ2n) is 13.2. The molecule has 9 heteroatoms. The Balaban J connectivity index is 1.57. The summed E-state index contributed by atoms with van der Waals surface area (Å²) in [7, 11) is 0. The number of fused-ring (bicyclic) bond motifs is 1. The first-order chi connectivity index (χ1) is 22.6. The summed E-state index contributed by atoms with van der Waals surface area (Å²) in [6, 6.07) is 12.3. The summed E-state index contributed by atoms with van der Waals surface area (Å²) < 4.78 is 12.6. The monoisotopic (exact) mass is 643 g/mol. The molecule has 9 nitrogen and oxygen atoms in total. The van der Waals surface area contributed by atoms with Gasteiger partial charge < -0.3 is 29.3 Å². The van der Waals surface area contributed by atoms with Gasteiger partial charge in [0.05, 0.1) is 24.0 Å². The molecule has 3 aliphatic heterocycles. The first-order valence-electron chi connectivity index (χ1n) is 16.8. The van der Waals surface area contributed by atoms with Crippen LogP contribution in [-0.4, -0.2) is 77.8 Å². The number of benzene rings is 2. The smallest absolute Gasteiger partial charge is 0.253 e. The summed E-state index contributed by atoms with van der Waals surface area (Å²) in [6.07, 6.45) is 6.35. The fraction of sp³-hybridized carbons (Fsp3) is 0.500. The molecule has 5 rings (SSSR count). The van der Waals surface area contributed by atoms with Crippen molar-refractivity contribution >= 4 is 29.1 Å². The lowest BCUT2D eigenvalue weighted by Crippen LogP contribution is -2.57. The van der Waals surface area contributed by atoms with Crippen LogP contribution in [0, 0.1) is 25.7 Å². The number of unbranched alkanes of at least 4 members (excludes halogenated alkanes) is 2. The third kappa shape index (κ3) is 6.00. The molecule has 0 aliphatic carbocycles. The van der Waals surface area contributed by atoms with Gasteiger partial charge in [-0.15, -0.1) is 13.2 Å². The summed E-state index contributed by atoms with van der Waals surface area (Å²) >= 11 is 0. The average Bonchev–Trinajstić information content (AvgIpc) is 3.62. The highest BCUT2D eigenvalue weighted by atomic mass is 16.5. The fourth-order valence-electron chi connectivity index (χ4n) is 8.20. The van der Waals surface area contributed by atoms with E-state index in [-0.39, 0.29) is 37.4 Å². The van der Waals surface area contributed by atoms with Gasteiger partial charge in [-0.05, 0) is 95.2 Å². The molecular weight excluding hydrogens is 594 g/mol. The molecule has 0 aromatic heterocycles. The van der Waals surface area contributed by atoms with E-state index in [9.17, 15) is 19.5 Å². The number of para-hydroxylation sites is 1. The maximum Gasteiger partial charge on any atom is 0.253 e. The quantitative estimate of drug-likeness (QED) is 0.207. The number of hydrogen-bond acceptors (Lipinski definition) is 6. The molecule has 3 fully saturated rings. The SMILES string of the molecule is C=CCN(C(=O)[C@@H]1[C@H]2C(=O)N(CCCCCO)C(C(=O)N(CC=C)c3c(C)cccc3C)C23CC[C@@]1(C)O3)c1ccc(OCC)cc1. The lowest BCUT2D eigenvalue weighted by atomic mass is 9.66. The van der Waals surface area contributed by atoms with E-state index in [0.29, 0.717) is 56.7 Å². The van der Waals surface area contributed by atoms with E-state index >= 15 is 0 Å². The van der Waals surface area contributed by atoms with Crippen molar-refractivity contribution in [2.45, 2.75) is 77.0 Å². The van der Waals surface area contributed by atoms with Gasteiger partial charge in [0, 0.05) is 37.6 Å². The van der Waals surface area contributed by atoms with Crippen molar-refractivity contribution in [3.8, 4) is 5.75 Å². The molecule has 3 heterocycles. The predicted molar refractivity (Wildman–Crippen MR) is 183 cm³/mol. The molecule has 0 saturated carbocycles. The number of nitrogens with zero attached hydrogens (tertiary/aromatic N) is 3. The third-order valence-corrected chi connectivity index (χ3v) is 10.2. The number of anilines is 2. The maximum absolute atomic E-state index is 15.0. The van der Waals surface area contributed by atoms with Crippen LogP contribution in [0.1, 0.15) is 57.1 Å². The predicted octanol–water partition coefficient (Wildman–Crippen LogP) is 5.37. The Labute approximate surface area is 278 Å². The summed E-state index contributed by atoms with van der Waals surface area (Å²) in [5.74, 6) is -1.58. The van der Waals surface area contributed by atoms with Gasteiger partial charge in [0.1, 0.15) is 17.4 Å². The normalized spacial score (nSPS) is 25.9. The van der Waals surface area contributed by atoms with Crippen molar-refractivity contribution < 1.29 is 29.0 Å². The summed E-state index contributed by atoms with van der Waals surface area (Å²) in [4.78, 5) is 49.4. The minimum absolute atomic E-state index is 0.0608. The van der Waals surface area contributed by atoms with Crippen molar-refractivity contribution in [3.63, 3.8) is 0 Å². The molecule has 3 saturated heterocycles. The van der Waals surface area contributed by atoms with Crippen molar-refractivity contribution in [3.05, 3.63) is 78.9 Å². The highest BCUT2D eigenvalue weighted by Gasteiger charge is 2.78. The Kier molecular flexibility index (Phi) is 10.3. The van der Waals surface area contributed by atoms with E-state index in [0.717, 1.165) is 16.8 Å². The zero-order chi connectivity index (χ0) is 33.9. The summed E-state index contributed by atoms with van der Waals surface area (Å²) in [5.41, 5.74) is 1.27. The highest BCUT2D eigenvalue weighted by Crippen LogP contribution is 2.63. The molecule has 2 aromatic rings. The number of carbonyl (C=O) groups excluding carboxylic acids is 3. The number of likely N-dealkylation sites (tertiary alicyclic amines) is 1. The third-order valence-electron chi connectivity index (χ3n) is 10.2. The zero-order valence-corrected chi connectivity index (χ0v) is 28.2. The van der Waals surface area contributed by atoms with Crippen LogP contribution in [0.3, 0.4) is 0 Å². The van der Waals surface area contributed by atoms with Crippen LogP contribution in [-0.2, 0) is 19.1 Å². The Morgan fingerprint density at radius 1 is 1.00 bits per heavy atom. The number of aliphatic hydroxyl groups is 1. The molecule has 1 spiro atoms. The van der Waals surface area contributed by atoms with Crippen LogP contribution in [0.15, 0.2) is 67.8 Å². The minimum Gasteiger partial charge on any atom is -0.494 e. The second kappa shape index (κ2) is 14.0. The highest BCUT2D eigenvalue weighted by molar-refractivity contribution is 6.07. The first-order valence-corrected chi connectivity index (χ1v) is 16.8. The zero-order valence-electron chi connectivity index (χ0n) is 28.2. The molecule has 5 atom stereocenters. The lowest BCUT2D eigenvalue weighted by molar-refractivity contribution is -0.144. The van der Waals surface area contributed by atoms with Crippen LogP contribution in [0.4, 0.5) is 11.4 Å². The summed E-state index contributed by atoms with van der Waals surface area (Å²) in [6.45, 7) is 17.1. The van der Waals surface area contributed by atoms with E-state index < -0.39 is 29.1 Å². The van der Waals surface area contributed by atoms with E-state index in [1.807, 2.05) is 70.2 Å². The summed E-state index contributed by atoms with van der Waals surface area (Å²) in [5, 5.41) is 9.41. The van der Waals surface area contributed by atoms with Crippen LogP contribution in [0.25, 0.3) is 0 Å². The van der Waals surface area contributed by atoms with Crippen LogP contribution in [0.5, 0.6) is 5.75 Å². The molecule has 1 N–H and O–H groups in total. The fourth-order valence-corrected chi connectivity index (χ4v) is 8.20. The lowest BCUT2D eigenvalue weighted by Gasteiger charge is -2.37. The standard InChI is InChI=1S/C38H49N3O6/c1-7-22-39(28-16-18-29(19-17-28)46-9-3)34(43)30-31-35(44)41(24-11-10-12-25-42)33(38(31)21-20-37(30,6)47-38)36(45)40(23-8-2)32-26(4)14-13-15-27(32)5/h7-8,13-19,30-31,33,42H,1-2,9-12,20-25H2,3-6H3/t30-,31-,33?,37+,38?/m0/s1. The van der Waals surface area contributed by atoms with Gasteiger partial charge in [-0.2, -0.15) is 0 Å². The van der Waals surface area contributed by atoms with Crippen molar-refractivity contribution in [1.29, 1.82) is 0 Å². The molecule has 0 radical (unpaired) electrons. The Morgan fingerprint density at radius 2 is 1.66 bits per heavy atom. The Hall–Kier alpha value is -3.95. The molecule has 2 unspecified atom stereocenters. The van der Waals surface area contributed by atoms with Gasteiger partial charge in [-0.25, -0.2) is 0 Å². The number of ether oxygens (including phenoxy) is 2. The molecule has 252 valence electrons. The van der Waals surface area contributed by atoms with Crippen LogP contribution in [0.2, 0.25) is 0 Å². The van der Waals surface area contributed by atoms with E-state index in [4.69, 9.17) is 9.47 Å². The van der Waals surface area contributed by atoms with Gasteiger partial charge in [0.15, 0.2) is 0 Å². The first kappa shape index (κ1) is 34.4. The number of carbonyl (C=O) groups is 3. The van der Waals surface area contributed by atoms with Gasteiger partial charge in [0.2, 0.25) is 11.8 Å². The molecule has 2 aromatic carbocycles. The Morgan fingerprint density at radius 3 is 2.28 bits per heavy atom. The number of aryl methyl sites for hydroxylation is 2. The van der Waals surface area contributed by atoms with Gasteiger partial charge in [-0.3, -0.25) is 14.4 Å². The molecule has 47 heavy (non-hydrogen) atoms. The maximum atomic E-state index is 15.0. The largest absolute Gasteiger partial charge is 0.494 e. The number of aliphatic hydroxyl groups excluding tert-OH is 1. The minimum atomic E-state index is -1.16. The number of hydrogen-bond donors (Lipinski definition) is 1. The van der Waals surface area contributed by atoms with Crippen LogP contribution < -0.4 is 14.5 Å². The van der Waals surface area contributed by atoms with E-state index in [1.165, 1.54) is 0 Å². The number of amides is 3.